The molecule has 110 valence electrons. The first-order chi connectivity index (χ1) is 9.49. The highest BCUT2D eigenvalue weighted by molar-refractivity contribution is 7.99. The molecule has 0 aromatic heterocycles. The van der Waals surface area contributed by atoms with E-state index in [1.807, 2.05) is 31.2 Å². The highest BCUT2D eigenvalue weighted by Crippen LogP contribution is 2.12. The normalized spacial score (nSPS) is 11.9. The summed E-state index contributed by atoms with van der Waals surface area (Å²) in [6, 6.07) is 8.12. The summed E-state index contributed by atoms with van der Waals surface area (Å²) < 4.78 is 0. The van der Waals surface area contributed by atoms with Gasteiger partial charge in [-0.3, -0.25) is 4.79 Å². The fourth-order valence-electron chi connectivity index (χ4n) is 1.47. The van der Waals surface area contributed by atoms with Gasteiger partial charge in [0.15, 0.2) is 6.10 Å². The molecule has 0 spiro atoms. The van der Waals surface area contributed by atoms with Crippen LogP contribution in [-0.2, 0) is 15.3 Å². The van der Waals surface area contributed by atoms with E-state index < -0.39 is 12.1 Å². The molecule has 1 unspecified atom stereocenters. The number of aryl methyl sites for hydroxylation is 1. The van der Waals surface area contributed by atoms with Gasteiger partial charge in [0.2, 0.25) is 5.91 Å². The van der Waals surface area contributed by atoms with E-state index >= 15 is 0 Å². The summed E-state index contributed by atoms with van der Waals surface area (Å²) in [5.41, 5.74) is 2.36. The molecule has 0 heterocycles. The molecule has 1 rings (SSSR count). The van der Waals surface area contributed by atoms with Crippen molar-refractivity contribution in [3.05, 3.63) is 35.4 Å². The monoisotopic (exact) mass is 297 g/mol. The van der Waals surface area contributed by atoms with Gasteiger partial charge in [-0.2, -0.15) is 0 Å². The third-order valence-corrected chi connectivity index (χ3v) is 3.65. The Balaban J connectivity index is 2.14. The van der Waals surface area contributed by atoms with Gasteiger partial charge < -0.3 is 15.5 Å². The van der Waals surface area contributed by atoms with Crippen LogP contribution in [0.15, 0.2) is 24.3 Å². The molecular weight excluding hydrogens is 278 g/mol. The third kappa shape index (κ3) is 6.58. The molecule has 0 aliphatic rings. The van der Waals surface area contributed by atoms with E-state index in [4.69, 9.17) is 10.2 Å². The van der Waals surface area contributed by atoms with Crippen LogP contribution in [0.1, 0.15) is 17.5 Å². The van der Waals surface area contributed by atoms with Crippen LogP contribution in [0.2, 0.25) is 0 Å². The number of aliphatic hydroxyl groups excluding tert-OH is 1. The van der Waals surface area contributed by atoms with Crippen molar-refractivity contribution >= 4 is 23.6 Å². The number of nitrogens with one attached hydrogen (secondary N) is 1. The molecule has 1 aromatic carbocycles. The predicted octanol–water partition coefficient (Wildman–Crippen LogP) is 1.18. The summed E-state index contributed by atoms with van der Waals surface area (Å²) >= 11 is 1.49. The Morgan fingerprint density at radius 1 is 1.30 bits per heavy atom. The number of rotatable bonds is 8. The van der Waals surface area contributed by atoms with Crippen molar-refractivity contribution in [1.29, 1.82) is 0 Å². The zero-order valence-corrected chi connectivity index (χ0v) is 12.2. The fraction of sp³-hybridized carbons (Fsp3) is 0.429. The van der Waals surface area contributed by atoms with Crippen LogP contribution in [0, 0.1) is 6.92 Å². The lowest BCUT2D eigenvalue weighted by Crippen LogP contribution is -2.31. The van der Waals surface area contributed by atoms with Gasteiger partial charge in [0, 0.05) is 18.7 Å². The van der Waals surface area contributed by atoms with E-state index in [0.29, 0.717) is 5.75 Å². The van der Waals surface area contributed by atoms with Crippen molar-refractivity contribution in [3.63, 3.8) is 0 Å². The Labute approximate surface area is 122 Å². The number of carbonyl (C=O) groups excluding carboxylic acids is 1. The molecule has 5 nitrogen and oxygen atoms in total. The topological polar surface area (TPSA) is 86.6 Å². The predicted molar refractivity (Wildman–Crippen MR) is 78.6 cm³/mol. The second-order valence-corrected chi connectivity index (χ2v) is 5.46. The molecule has 1 aromatic rings. The summed E-state index contributed by atoms with van der Waals surface area (Å²) in [7, 11) is 0. The van der Waals surface area contributed by atoms with Gasteiger partial charge in [-0.25, -0.2) is 4.79 Å². The molecule has 0 fully saturated rings. The Kier molecular flexibility index (Phi) is 7.11. The second-order valence-electron chi connectivity index (χ2n) is 4.47. The first kappa shape index (κ1) is 16.5. The van der Waals surface area contributed by atoms with Crippen LogP contribution < -0.4 is 5.32 Å². The van der Waals surface area contributed by atoms with Crippen molar-refractivity contribution in [3.8, 4) is 0 Å². The number of hydrogen-bond donors (Lipinski definition) is 3. The van der Waals surface area contributed by atoms with Gasteiger partial charge in [0.1, 0.15) is 0 Å². The number of amides is 1. The molecule has 1 amide bonds. The van der Waals surface area contributed by atoms with E-state index in [0.717, 1.165) is 11.3 Å². The van der Waals surface area contributed by atoms with Crippen LogP contribution in [0.4, 0.5) is 0 Å². The first-order valence-electron chi connectivity index (χ1n) is 6.30. The second kappa shape index (κ2) is 8.60. The number of aliphatic carboxylic acids is 1. The molecule has 1 atom stereocenters. The summed E-state index contributed by atoms with van der Waals surface area (Å²) in [6.07, 6.45) is -1.40. The van der Waals surface area contributed by atoms with Crippen molar-refractivity contribution in [2.45, 2.75) is 25.2 Å². The maximum Gasteiger partial charge on any atom is 0.332 e. The number of aliphatic hydroxyl groups is 1. The van der Waals surface area contributed by atoms with E-state index in [9.17, 15) is 9.59 Å². The van der Waals surface area contributed by atoms with E-state index in [1.54, 1.807) is 0 Å². The minimum Gasteiger partial charge on any atom is -0.479 e. The smallest absolute Gasteiger partial charge is 0.332 e. The molecule has 20 heavy (non-hydrogen) atoms. The summed E-state index contributed by atoms with van der Waals surface area (Å²) in [5, 5.41) is 20.1. The maximum atomic E-state index is 11.5. The summed E-state index contributed by atoms with van der Waals surface area (Å²) in [5.74, 6) is -0.352. The number of carboxylic acid groups (broad SMARTS) is 1. The van der Waals surface area contributed by atoms with E-state index in [1.165, 1.54) is 17.3 Å². The average Bonchev–Trinajstić information content (AvgIpc) is 2.40. The lowest BCUT2D eigenvalue weighted by atomic mass is 10.2. The van der Waals surface area contributed by atoms with Crippen LogP contribution >= 0.6 is 11.8 Å². The van der Waals surface area contributed by atoms with Crippen molar-refractivity contribution < 1.29 is 19.8 Å². The number of benzene rings is 1. The average molecular weight is 297 g/mol. The summed E-state index contributed by atoms with van der Waals surface area (Å²) in [6.45, 7) is 2.19. The SMILES string of the molecule is Cc1ccc(CSCC(=O)NCCC(O)C(=O)O)cc1. The zero-order chi connectivity index (χ0) is 15.0. The molecule has 0 bridgehead atoms. The van der Waals surface area contributed by atoms with Crippen molar-refractivity contribution in [2.24, 2.45) is 0 Å². The molecule has 0 radical (unpaired) electrons. The Morgan fingerprint density at radius 3 is 2.55 bits per heavy atom. The minimum absolute atomic E-state index is 0.0176. The maximum absolute atomic E-state index is 11.5. The molecular formula is C14H19NO4S. The zero-order valence-electron chi connectivity index (χ0n) is 11.3. The quantitative estimate of drug-likeness (QED) is 0.671. The van der Waals surface area contributed by atoms with Gasteiger partial charge in [0.05, 0.1) is 5.75 Å². The number of hydrogen-bond acceptors (Lipinski definition) is 4. The first-order valence-corrected chi connectivity index (χ1v) is 7.45. The molecule has 0 aliphatic heterocycles. The molecule has 3 N–H and O–H groups in total. The third-order valence-electron chi connectivity index (χ3n) is 2.65. The lowest BCUT2D eigenvalue weighted by Gasteiger charge is -2.07. The molecule has 0 saturated carbocycles. The van der Waals surface area contributed by atoms with Gasteiger partial charge in [-0.15, -0.1) is 11.8 Å². The van der Waals surface area contributed by atoms with Crippen molar-refractivity contribution in [2.75, 3.05) is 12.3 Å². The lowest BCUT2D eigenvalue weighted by molar-refractivity contribution is -0.147. The van der Waals surface area contributed by atoms with E-state index in [-0.39, 0.29) is 18.9 Å². The van der Waals surface area contributed by atoms with Crippen LogP contribution in [-0.4, -0.2) is 40.5 Å². The Morgan fingerprint density at radius 2 is 1.95 bits per heavy atom. The van der Waals surface area contributed by atoms with Crippen LogP contribution in [0.5, 0.6) is 0 Å². The molecule has 0 aliphatic carbocycles. The highest BCUT2D eigenvalue weighted by atomic mass is 32.2. The largest absolute Gasteiger partial charge is 0.479 e. The van der Waals surface area contributed by atoms with Gasteiger partial charge in [-0.05, 0) is 12.5 Å². The Hall–Kier alpha value is -1.53. The molecule has 6 heteroatoms. The van der Waals surface area contributed by atoms with Gasteiger partial charge in [-0.1, -0.05) is 29.8 Å². The minimum atomic E-state index is -1.42. The van der Waals surface area contributed by atoms with Crippen molar-refractivity contribution in [1.82, 2.24) is 5.32 Å². The molecule has 0 saturated heterocycles. The highest BCUT2D eigenvalue weighted by Gasteiger charge is 2.12. The van der Waals surface area contributed by atoms with E-state index in [2.05, 4.69) is 5.32 Å². The van der Waals surface area contributed by atoms with Crippen LogP contribution in [0.3, 0.4) is 0 Å². The van der Waals surface area contributed by atoms with Crippen LogP contribution in [0.25, 0.3) is 0 Å². The number of carboxylic acids is 1. The standard InChI is InChI=1S/C14H19NO4S/c1-10-2-4-11(5-3-10)8-20-9-13(17)15-7-6-12(16)14(18)19/h2-5,12,16H,6-9H2,1H3,(H,15,17)(H,18,19). The van der Waals surface area contributed by atoms with Gasteiger partial charge >= 0.3 is 5.97 Å². The Bertz CT molecular complexity index is 447. The summed E-state index contributed by atoms with van der Waals surface area (Å²) in [4.78, 5) is 21.8. The fourth-order valence-corrected chi connectivity index (χ4v) is 2.29. The van der Waals surface area contributed by atoms with Gasteiger partial charge in [0.25, 0.3) is 0 Å². The number of thioether (sulfide) groups is 1. The number of carbonyl (C=O) groups is 2.